The molecular weight excluding hydrogens is 230 g/mol. The van der Waals surface area contributed by atoms with Gasteiger partial charge < -0.3 is 9.72 Å². The molecule has 1 N–H and O–H groups in total. The monoisotopic (exact) mass is 243 g/mol. The molecule has 0 amide bonds. The van der Waals surface area contributed by atoms with Crippen molar-refractivity contribution in [3.05, 3.63) is 69.6 Å². The van der Waals surface area contributed by atoms with E-state index in [9.17, 15) is 9.59 Å². The molecule has 1 heterocycles. The molecule has 0 spiro atoms. The smallest absolute Gasteiger partial charge is 0.343 e. The van der Waals surface area contributed by atoms with Crippen molar-refractivity contribution in [1.82, 2.24) is 4.98 Å². The number of H-pyrrole nitrogens is 1. The molecule has 0 unspecified atom stereocenters. The predicted molar refractivity (Wildman–Crippen MR) is 67.4 cm³/mol. The highest BCUT2D eigenvalue weighted by Gasteiger charge is 2.11. The van der Waals surface area contributed by atoms with Crippen molar-refractivity contribution < 1.29 is 9.53 Å². The number of aryl methyl sites for hydroxylation is 1. The normalized spacial score (nSPS) is 10.1. The minimum Gasteiger partial charge on any atom is -0.457 e. The van der Waals surface area contributed by atoms with Crippen LogP contribution in [0.15, 0.2) is 47.4 Å². The molecule has 0 saturated carbocycles. The van der Waals surface area contributed by atoms with E-state index >= 15 is 0 Å². The molecule has 0 radical (unpaired) electrons. The number of carbonyl (C=O) groups is 1. The van der Waals surface area contributed by atoms with Gasteiger partial charge in [0, 0.05) is 18.0 Å². The minimum absolute atomic E-state index is 0.0246. The lowest BCUT2D eigenvalue weighted by Crippen LogP contribution is -2.17. The summed E-state index contributed by atoms with van der Waals surface area (Å²) in [6, 6.07) is 10.7. The van der Waals surface area contributed by atoms with E-state index < -0.39 is 5.97 Å². The van der Waals surface area contributed by atoms with E-state index in [1.54, 1.807) is 6.92 Å². The first-order valence-corrected chi connectivity index (χ1v) is 5.57. The Hall–Kier alpha value is -2.36. The number of hydrogen-bond donors (Lipinski definition) is 1. The van der Waals surface area contributed by atoms with Crippen LogP contribution in [0.25, 0.3) is 0 Å². The van der Waals surface area contributed by atoms with Gasteiger partial charge in [-0.1, -0.05) is 30.3 Å². The van der Waals surface area contributed by atoms with E-state index in [2.05, 4.69) is 4.98 Å². The lowest BCUT2D eigenvalue weighted by atomic mass is 10.2. The molecule has 4 heteroatoms. The Morgan fingerprint density at radius 3 is 2.67 bits per heavy atom. The van der Waals surface area contributed by atoms with Crippen LogP contribution in [0, 0.1) is 6.92 Å². The van der Waals surface area contributed by atoms with Crippen molar-refractivity contribution in [3.63, 3.8) is 0 Å². The molecule has 0 atom stereocenters. The van der Waals surface area contributed by atoms with Gasteiger partial charge in [0.2, 0.25) is 0 Å². The number of benzene rings is 1. The Morgan fingerprint density at radius 1 is 1.28 bits per heavy atom. The molecule has 4 nitrogen and oxygen atoms in total. The molecule has 0 aliphatic heterocycles. The Bertz CT molecular complexity index is 602. The highest BCUT2D eigenvalue weighted by atomic mass is 16.5. The Kier molecular flexibility index (Phi) is 3.57. The fourth-order valence-electron chi connectivity index (χ4n) is 1.53. The standard InChI is InChI=1S/C14H13NO3/c1-10-7-13(16)12(8-15-10)14(17)18-9-11-5-3-2-4-6-11/h2-8H,9H2,1H3,(H,15,16). The van der Waals surface area contributed by atoms with Crippen LogP contribution < -0.4 is 5.43 Å². The predicted octanol–water partition coefficient (Wildman–Crippen LogP) is 2.04. The van der Waals surface area contributed by atoms with Crippen LogP contribution in [0.1, 0.15) is 21.6 Å². The number of rotatable bonds is 3. The third kappa shape index (κ3) is 2.85. The van der Waals surface area contributed by atoms with Gasteiger partial charge in [-0.15, -0.1) is 0 Å². The van der Waals surface area contributed by atoms with Gasteiger partial charge in [0.05, 0.1) is 0 Å². The zero-order valence-corrected chi connectivity index (χ0v) is 9.97. The molecule has 0 aliphatic rings. The van der Waals surface area contributed by atoms with Crippen molar-refractivity contribution in [1.29, 1.82) is 0 Å². The second-order valence-electron chi connectivity index (χ2n) is 3.96. The molecule has 0 saturated heterocycles. The van der Waals surface area contributed by atoms with E-state index in [-0.39, 0.29) is 17.6 Å². The zero-order chi connectivity index (χ0) is 13.0. The summed E-state index contributed by atoms with van der Waals surface area (Å²) in [6.45, 7) is 1.91. The van der Waals surface area contributed by atoms with Gasteiger partial charge in [-0.05, 0) is 12.5 Å². The van der Waals surface area contributed by atoms with E-state index in [1.807, 2.05) is 30.3 Å². The SMILES string of the molecule is Cc1cc(=O)c(C(=O)OCc2ccccc2)c[nH]1. The molecule has 1 aromatic carbocycles. The van der Waals surface area contributed by atoms with Crippen LogP contribution in [0.4, 0.5) is 0 Å². The third-order valence-corrected chi connectivity index (χ3v) is 2.49. The average Bonchev–Trinajstić information content (AvgIpc) is 2.37. The molecule has 2 aromatic rings. The molecule has 92 valence electrons. The number of ether oxygens (including phenoxy) is 1. The summed E-state index contributed by atoms with van der Waals surface area (Å²) in [6.07, 6.45) is 1.38. The maximum absolute atomic E-state index is 11.7. The highest BCUT2D eigenvalue weighted by molar-refractivity contribution is 5.88. The van der Waals surface area contributed by atoms with Crippen LogP contribution in [-0.4, -0.2) is 11.0 Å². The fraction of sp³-hybridized carbons (Fsp3) is 0.143. The average molecular weight is 243 g/mol. The van der Waals surface area contributed by atoms with E-state index in [1.165, 1.54) is 12.3 Å². The van der Waals surface area contributed by atoms with E-state index in [0.29, 0.717) is 5.69 Å². The number of carbonyl (C=O) groups excluding carboxylic acids is 1. The van der Waals surface area contributed by atoms with Gasteiger partial charge in [-0.2, -0.15) is 0 Å². The molecular formula is C14H13NO3. The summed E-state index contributed by atoms with van der Waals surface area (Å²) in [5.74, 6) is -0.611. The van der Waals surface area contributed by atoms with Crippen LogP contribution in [0.3, 0.4) is 0 Å². The second kappa shape index (κ2) is 5.31. The molecule has 18 heavy (non-hydrogen) atoms. The molecule has 0 aliphatic carbocycles. The molecule has 0 bridgehead atoms. The summed E-state index contributed by atoms with van der Waals surface area (Å²) in [4.78, 5) is 26.1. The quantitative estimate of drug-likeness (QED) is 0.839. The van der Waals surface area contributed by atoms with Gasteiger partial charge in [0.25, 0.3) is 0 Å². The first kappa shape index (κ1) is 12.1. The lowest BCUT2D eigenvalue weighted by molar-refractivity contribution is 0.0470. The number of esters is 1. The largest absolute Gasteiger partial charge is 0.457 e. The summed E-state index contributed by atoms with van der Waals surface area (Å²) < 4.78 is 5.08. The van der Waals surface area contributed by atoms with Crippen molar-refractivity contribution in [2.45, 2.75) is 13.5 Å². The van der Waals surface area contributed by atoms with E-state index in [0.717, 1.165) is 5.56 Å². The summed E-state index contributed by atoms with van der Waals surface area (Å²) in [5.41, 5.74) is 1.29. The van der Waals surface area contributed by atoms with Crippen LogP contribution in [-0.2, 0) is 11.3 Å². The second-order valence-corrected chi connectivity index (χ2v) is 3.96. The van der Waals surface area contributed by atoms with Gasteiger partial charge in [0.15, 0.2) is 5.43 Å². The van der Waals surface area contributed by atoms with Crippen LogP contribution in [0.5, 0.6) is 0 Å². The van der Waals surface area contributed by atoms with Gasteiger partial charge in [-0.3, -0.25) is 4.79 Å². The summed E-state index contributed by atoms with van der Waals surface area (Å²) in [5, 5.41) is 0. The van der Waals surface area contributed by atoms with Crippen LogP contribution >= 0.6 is 0 Å². The summed E-state index contributed by atoms with van der Waals surface area (Å²) >= 11 is 0. The topological polar surface area (TPSA) is 59.2 Å². The van der Waals surface area contributed by atoms with Crippen molar-refractivity contribution in [3.8, 4) is 0 Å². The Morgan fingerprint density at radius 2 is 2.00 bits per heavy atom. The number of aromatic nitrogens is 1. The zero-order valence-electron chi connectivity index (χ0n) is 9.97. The first-order chi connectivity index (χ1) is 8.66. The molecule has 0 fully saturated rings. The number of aromatic amines is 1. The van der Waals surface area contributed by atoms with Crippen molar-refractivity contribution in [2.75, 3.05) is 0 Å². The Labute approximate surface area is 104 Å². The lowest BCUT2D eigenvalue weighted by Gasteiger charge is -2.04. The third-order valence-electron chi connectivity index (χ3n) is 2.49. The van der Waals surface area contributed by atoms with Crippen LogP contribution in [0.2, 0.25) is 0 Å². The highest BCUT2D eigenvalue weighted by Crippen LogP contribution is 2.03. The number of pyridine rings is 1. The van der Waals surface area contributed by atoms with Gasteiger partial charge in [-0.25, -0.2) is 4.79 Å². The van der Waals surface area contributed by atoms with Crippen molar-refractivity contribution >= 4 is 5.97 Å². The van der Waals surface area contributed by atoms with Gasteiger partial charge >= 0.3 is 5.97 Å². The molecule has 2 rings (SSSR count). The van der Waals surface area contributed by atoms with E-state index in [4.69, 9.17) is 4.74 Å². The maximum Gasteiger partial charge on any atom is 0.343 e. The minimum atomic E-state index is -0.611. The number of nitrogens with one attached hydrogen (secondary N) is 1. The summed E-state index contributed by atoms with van der Waals surface area (Å²) in [7, 11) is 0. The fourth-order valence-corrected chi connectivity index (χ4v) is 1.53. The van der Waals surface area contributed by atoms with Gasteiger partial charge in [0.1, 0.15) is 12.2 Å². The molecule has 1 aromatic heterocycles. The van der Waals surface area contributed by atoms with Crippen molar-refractivity contribution in [2.24, 2.45) is 0 Å². The maximum atomic E-state index is 11.7. The number of hydrogen-bond acceptors (Lipinski definition) is 3. The first-order valence-electron chi connectivity index (χ1n) is 5.57. The Balaban J connectivity index is 2.06.